The van der Waals surface area contributed by atoms with E-state index in [0.717, 1.165) is 6.42 Å². The predicted molar refractivity (Wildman–Crippen MR) is 95.3 cm³/mol. The molecule has 25 heavy (non-hydrogen) atoms. The van der Waals surface area contributed by atoms with E-state index in [2.05, 4.69) is 29.5 Å². The van der Waals surface area contributed by atoms with Crippen LogP contribution in [0, 0.1) is 5.82 Å². The summed E-state index contributed by atoms with van der Waals surface area (Å²) in [5.74, 6) is -0.393. The molecule has 0 saturated heterocycles. The standard InChI is InChI=1S/C20H20FN3O/c1-2-15(16-8-4-3-5-9-16)14-22-20(25)18-12-13-24(23-18)19-11-7-6-10-17(19)21/h3-13,15H,2,14H2,1H3,(H,22,25). The second kappa shape index (κ2) is 7.75. The van der Waals surface area contributed by atoms with Crippen LogP contribution < -0.4 is 5.32 Å². The third-order valence-electron chi connectivity index (χ3n) is 4.19. The first-order valence-electron chi connectivity index (χ1n) is 8.32. The molecule has 128 valence electrons. The molecule has 0 bridgehead atoms. The van der Waals surface area contributed by atoms with Crippen molar-refractivity contribution in [3.8, 4) is 5.69 Å². The Hall–Kier alpha value is -2.95. The number of nitrogens with zero attached hydrogens (tertiary/aromatic N) is 2. The highest BCUT2D eigenvalue weighted by Crippen LogP contribution is 2.18. The topological polar surface area (TPSA) is 46.9 Å². The van der Waals surface area contributed by atoms with E-state index < -0.39 is 0 Å². The number of para-hydroxylation sites is 1. The maximum atomic E-state index is 13.8. The van der Waals surface area contributed by atoms with Crippen molar-refractivity contribution < 1.29 is 9.18 Å². The molecule has 1 heterocycles. The van der Waals surface area contributed by atoms with Crippen molar-refractivity contribution in [1.82, 2.24) is 15.1 Å². The van der Waals surface area contributed by atoms with Gasteiger partial charge in [0.15, 0.2) is 5.69 Å². The average molecular weight is 337 g/mol. The van der Waals surface area contributed by atoms with Gasteiger partial charge in [-0.1, -0.05) is 49.4 Å². The Morgan fingerprint density at radius 1 is 1.12 bits per heavy atom. The Kier molecular flexibility index (Phi) is 5.23. The van der Waals surface area contributed by atoms with Gasteiger partial charge in [-0.25, -0.2) is 9.07 Å². The van der Waals surface area contributed by atoms with Crippen molar-refractivity contribution in [3.63, 3.8) is 0 Å². The van der Waals surface area contributed by atoms with Gasteiger partial charge in [-0.2, -0.15) is 5.10 Å². The highest BCUT2D eigenvalue weighted by Gasteiger charge is 2.14. The highest BCUT2D eigenvalue weighted by molar-refractivity contribution is 5.92. The molecule has 0 spiro atoms. The van der Waals surface area contributed by atoms with E-state index in [1.807, 2.05) is 18.2 Å². The SMILES string of the molecule is CCC(CNC(=O)c1ccn(-c2ccccc2F)n1)c1ccccc1. The zero-order chi connectivity index (χ0) is 17.6. The molecule has 0 radical (unpaired) electrons. The largest absolute Gasteiger partial charge is 0.350 e. The van der Waals surface area contributed by atoms with E-state index in [0.29, 0.717) is 12.2 Å². The van der Waals surface area contributed by atoms with Gasteiger partial charge in [0.25, 0.3) is 5.91 Å². The van der Waals surface area contributed by atoms with Gasteiger partial charge in [-0.05, 0) is 30.2 Å². The van der Waals surface area contributed by atoms with Gasteiger partial charge in [-0.3, -0.25) is 4.79 Å². The third-order valence-corrected chi connectivity index (χ3v) is 4.19. The molecule has 5 heteroatoms. The normalized spacial score (nSPS) is 11.9. The number of halogens is 1. The molecule has 1 N–H and O–H groups in total. The number of hydrogen-bond donors (Lipinski definition) is 1. The minimum absolute atomic E-state index is 0.249. The molecule has 0 aliphatic carbocycles. The number of hydrogen-bond acceptors (Lipinski definition) is 2. The lowest BCUT2D eigenvalue weighted by Gasteiger charge is -2.15. The van der Waals surface area contributed by atoms with E-state index in [-0.39, 0.29) is 23.3 Å². The average Bonchev–Trinajstić information content (AvgIpc) is 3.13. The number of carbonyl (C=O) groups excluding carboxylic acids is 1. The van der Waals surface area contributed by atoms with Crippen LogP contribution in [0.5, 0.6) is 0 Å². The van der Waals surface area contributed by atoms with E-state index in [9.17, 15) is 9.18 Å². The summed E-state index contributed by atoms with van der Waals surface area (Å²) in [4.78, 5) is 12.3. The first-order chi connectivity index (χ1) is 12.2. The summed E-state index contributed by atoms with van der Waals surface area (Å²) in [6.45, 7) is 2.63. The molecule has 1 unspecified atom stereocenters. The van der Waals surface area contributed by atoms with Crippen molar-refractivity contribution in [1.29, 1.82) is 0 Å². The van der Waals surface area contributed by atoms with Crippen LogP contribution in [0.15, 0.2) is 66.9 Å². The zero-order valence-electron chi connectivity index (χ0n) is 14.0. The maximum absolute atomic E-state index is 13.8. The number of rotatable bonds is 6. The van der Waals surface area contributed by atoms with Crippen LogP contribution >= 0.6 is 0 Å². The summed E-state index contributed by atoms with van der Waals surface area (Å²) < 4.78 is 15.2. The smallest absolute Gasteiger partial charge is 0.271 e. The molecule has 0 saturated carbocycles. The van der Waals surface area contributed by atoms with Crippen LogP contribution in [0.3, 0.4) is 0 Å². The maximum Gasteiger partial charge on any atom is 0.271 e. The second-order valence-corrected chi connectivity index (χ2v) is 5.82. The van der Waals surface area contributed by atoms with Crippen molar-refractivity contribution in [3.05, 3.63) is 83.9 Å². The number of amides is 1. The van der Waals surface area contributed by atoms with Crippen molar-refractivity contribution >= 4 is 5.91 Å². The fourth-order valence-electron chi connectivity index (χ4n) is 2.75. The summed E-state index contributed by atoms with van der Waals surface area (Å²) in [6.07, 6.45) is 2.51. The van der Waals surface area contributed by atoms with Gasteiger partial charge in [0.05, 0.1) is 0 Å². The fourth-order valence-corrected chi connectivity index (χ4v) is 2.75. The number of nitrogens with one attached hydrogen (secondary N) is 1. The second-order valence-electron chi connectivity index (χ2n) is 5.82. The van der Waals surface area contributed by atoms with Crippen molar-refractivity contribution in [2.75, 3.05) is 6.54 Å². The van der Waals surface area contributed by atoms with E-state index in [1.54, 1.807) is 30.5 Å². The monoisotopic (exact) mass is 337 g/mol. The molecule has 0 fully saturated rings. The fraction of sp³-hybridized carbons (Fsp3) is 0.200. The van der Waals surface area contributed by atoms with Gasteiger partial charge in [0.2, 0.25) is 0 Å². The Morgan fingerprint density at radius 3 is 2.56 bits per heavy atom. The van der Waals surface area contributed by atoms with E-state index in [4.69, 9.17) is 0 Å². The summed E-state index contributed by atoms with van der Waals surface area (Å²) in [6, 6.07) is 18.0. The van der Waals surface area contributed by atoms with Gasteiger partial charge in [0, 0.05) is 18.7 Å². The molecule has 4 nitrogen and oxygen atoms in total. The van der Waals surface area contributed by atoms with Crippen LogP contribution in [0.4, 0.5) is 4.39 Å². The molecule has 0 aliphatic rings. The quantitative estimate of drug-likeness (QED) is 0.741. The molecule has 3 aromatic rings. The van der Waals surface area contributed by atoms with Crippen molar-refractivity contribution in [2.45, 2.75) is 19.3 Å². The minimum atomic E-state index is -0.382. The highest BCUT2D eigenvalue weighted by atomic mass is 19.1. The third kappa shape index (κ3) is 3.94. The first kappa shape index (κ1) is 16.9. The lowest BCUT2D eigenvalue weighted by atomic mass is 9.96. The predicted octanol–water partition coefficient (Wildman–Crippen LogP) is 3.94. The van der Waals surface area contributed by atoms with Gasteiger partial charge in [-0.15, -0.1) is 0 Å². The van der Waals surface area contributed by atoms with Crippen LogP contribution in [0.1, 0.15) is 35.3 Å². The minimum Gasteiger partial charge on any atom is -0.350 e. The van der Waals surface area contributed by atoms with E-state index >= 15 is 0 Å². The number of aromatic nitrogens is 2. The van der Waals surface area contributed by atoms with Crippen molar-refractivity contribution in [2.24, 2.45) is 0 Å². The van der Waals surface area contributed by atoms with Crippen LogP contribution in [0.25, 0.3) is 5.69 Å². The molecule has 3 rings (SSSR count). The van der Waals surface area contributed by atoms with Gasteiger partial charge < -0.3 is 5.32 Å². The molecule has 1 aromatic heterocycles. The van der Waals surface area contributed by atoms with E-state index in [1.165, 1.54) is 16.3 Å². The first-order valence-corrected chi connectivity index (χ1v) is 8.32. The van der Waals surface area contributed by atoms with Gasteiger partial charge >= 0.3 is 0 Å². The summed E-state index contributed by atoms with van der Waals surface area (Å²) in [5, 5.41) is 7.10. The number of benzene rings is 2. The van der Waals surface area contributed by atoms with Crippen LogP contribution in [-0.4, -0.2) is 22.2 Å². The van der Waals surface area contributed by atoms with Crippen LogP contribution in [0.2, 0.25) is 0 Å². The lowest BCUT2D eigenvalue weighted by molar-refractivity contribution is 0.0945. The summed E-state index contributed by atoms with van der Waals surface area (Å²) in [7, 11) is 0. The Morgan fingerprint density at radius 2 is 1.84 bits per heavy atom. The molecular formula is C20H20FN3O. The lowest BCUT2D eigenvalue weighted by Crippen LogP contribution is -2.28. The summed E-state index contributed by atoms with van der Waals surface area (Å²) >= 11 is 0. The summed E-state index contributed by atoms with van der Waals surface area (Å²) in [5.41, 5.74) is 1.78. The Bertz CT molecular complexity index is 845. The molecular weight excluding hydrogens is 317 g/mol. The number of carbonyl (C=O) groups is 1. The zero-order valence-corrected chi connectivity index (χ0v) is 14.0. The molecule has 1 amide bonds. The molecule has 0 aliphatic heterocycles. The molecule has 1 atom stereocenters. The van der Waals surface area contributed by atoms with Crippen LogP contribution in [-0.2, 0) is 0 Å². The molecule has 2 aromatic carbocycles. The van der Waals surface area contributed by atoms with Gasteiger partial charge in [0.1, 0.15) is 11.5 Å². The Balaban J connectivity index is 1.67. The Labute approximate surface area is 146 Å².